The molecule has 0 aliphatic carbocycles. The molecule has 0 radical (unpaired) electrons. The van der Waals surface area contributed by atoms with Crippen molar-refractivity contribution in [3.63, 3.8) is 0 Å². The first-order valence-electron chi connectivity index (χ1n) is 6.36. The van der Waals surface area contributed by atoms with Gasteiger partial charge in [-0.2, -0.15) is 5.10 Å². The van der Waals surface area contributed by atoms with Crippen molar-refractivity contribution in [2.24, 2.45) is 0 Å². The number of amides is 1. The minimum Gasteiger partial charge on any atom is -0.361 e. The van der Waals surface area contributed by atoms with E-state index in [1.54, 1.807) is 6.92 Å². The van der Waals surface area contributed by atoms with Gasteiger partial charge < -0.3 is 9.42 Å². The molecule has 0 spiro atoms. The Labute approximate surface area is 111 Å². The second-order valence-corrected chi connectivity index (χ2v) is 4.99. The monoisotopic (exact) mass is 260 g/mol. The summed E-state index contributed by atoms with van der Waals surface area (Å²) in [6.45, 7) is 5.20. The Balaban J connectivity index is 1.72. The van der Waals surface area contributed by atoms with Gasteiger partial charge in [-0.3, -0.25) is 9.48 Å². The van der Waals surface area contributed by atoms with Crippen molar-refractivity contribution in [3.8, 4) is 0 Å². The first-order valence-corrected chi connectivity index (χ1v) is 6.36. The molecule has 0 bridgehead atoms. The van der Waals surface area contributed by atoms with E-state index in [4.69, 9.17) is 4.52 Å². The Morgan fingerprint density at radius 1 is 1.42 bits per heavy atom. The molecule has 6 heteroatoms. The van der Waals surface area contributed by atoms with Gasteiger partial charge in [0.1, 0.15) is 11.3 Å². The van der Waals surface area contributed by atoms with E-state index in [2.05, 4.69) is 10.3 Å². The molecule has 1 unspecified atom stereocenters. The molecule has 2 aromatic rings. The Hall–Kier alpha value is -2.11. The zero-order chi connectivity index (χ0) is 13.4. The van der Waals surface area contributed by atoms with Crippen LogP contribution in [0, 0.1) is 13.8 Å². The van der Waals surface area contributed by atoms with Crippen LogP contribution in [0.3, 0.4) is 0 Å². The van der Waals surface area contributed by atoms with E-state index in [0.29, 0.717) is 17.9 Å². The highest BCUT2D eigenvalue weighted by molar-refractivity contribution is 5.94. The van der Waals surface area contributed by atoms with Gasteiger partial charge in [0, 0.05) is 19.3 Å². The van der Waals surface area contributed by atoms with Crippen LogP contribution in [0.2, 0.25) is 0 Å². The Kier molecular flexibility index (Phi) is 2.85. The normalized spacial score (nSPS) is 19.1. The summed E-state index contributed by atoms with van der Waals surface area (Å²) in [6, 6.07) is 0.262. The molecule has 1 fully saturated rings. The molecular formula is C13H16N4O2. The van der Waals surface area contributed by atoms with Gasteiger partial charge >= 0.3 is 0 Å². The number of aryl methyl sites for hydroxylation is 2. The van der Waals surface area contributed by atoms with Crippen molar-refractivity contribution in [1.29, 1.82) is 0 Å². The highest BCUT2D eigenvalue weighted by Gasteiger charge is 2.30. The fraction of sp³-hybridized carbons (Fsp3) is 0.462. The summed E-state index contributed by atoms with van der Waals surface area (Å²) in [6.07, 6.45) is 6.28. The number of likely N-dealkylation sites (tertiary alicyclic amines) is 1. The molecule has 1 amide bonds. The molecule has 3 rings (SSSR count). The maximum absolute atomic E-state index is 12.3. The van der Waals surface area contributed by atoms with Crippen LogP contribution in [-0.4, -0.2) is 38.8 Å². The summed E-state index contributed by atoms with van der Waals surface area (Å²) in [4.78, 5) is 14.1. The van der Waals surface area contributed by atoms with Crippen molar-refractivity contribution >= 4 is 5.91 Å². The molecule has 0 aromatic carbocycles. The quantitative estimate of drug-likeness (QED) is 0.822. The van der Waals surface area contributed by atoms with Crippen molar-refractivity contribution < 1.29 is 9.32 Å². The number of hydrogen-bond acceptors (Lipinski definition) is 4. The molecule has 6 nitrogen and oxygen atoms in total. The van der Waals surface area contributed by atoms with E-state index >= 15 is 0 Å². The van der Waals surface area contributed by atoms with Gasteiger partial charge in [-0.05, 0) is 25.8 Å². The maximum atomic E-state index is 12.3. The highest BCUT2D eigenvalue weighted by atomic mass is 16.5. The number of carbonyl (C=O) groups is 1. The number of carbonyl (C=O) groups excluding carboxylic acids is 1. The van der Waals surface area contributed by atoms with E-state index in [-0.39, 0.29) is 11.9 Å². The van der Waals surface area contributed by atoms with Gasteiger partial charge in [0.05, 0.1) is 18.4 Å². The topological polar surface area (TPSA) is 64.2 Å². The number of hydrogen-bond donors (Lipinski definition) is 0. The van der Waals surface area contributed by atoms with Gasteiger partial charge in [0.25, 0.3) is 5.91 Å². The van der Waals surface area contributed by atoms with E-state index in [0.717, 1.165) is 18.5 Å². The Bertz CT molecular complexity index is 601. The molecule has 1 atom stereocenters. The summed E-state index contributed by atoms with van der Waals surface area (Å²) in [5.41, 5.74) is 1.69. The van der Waals surface area contributed by atoms with Crippen LogP contribution in [0.4, 0.5) is 0 Å². The highest BCUT2D eigenvalue weighted by Crippen LogP contribution is 2.23. The van der Waals surface area contributed by atoms with Crippen LogP contribution in [0.15, 0.2) is 23.1 Å². The second kappa shape index (κ2) is 4.53. The van der Waals surface area contributed by atoms with Crippen LogP contribution in [0.25, 0.3) is 0 Å². The number of nitrogens with zero attached hydrogens (tertiary/aromatic N) is 4. The molecular weight excluding hydrogens is 244 g/mol. The summed E-state index contributed by atoms with van der Waals surface area (Å²) in [7, 11) is 0. The van der Waals surface area contributed by atoms with Gasteiger partial charge in [-0.25, -0.2) is 0 Å². The van der Waals surface area contributed by atoms with Crippen molar-refractivity contribution in [2.75, 3.05) is 13.1 Å². The molecule has 0 N–H and O–H groups in total. The largest absolute Gasteiger partial charge is 0.361 e. The van der Waals surface area contributed by atoms with Crippen molar-refractivity contribution in [2.45, 2.75) is 26.3 Å². The van der Waals surface area contributed by atoms with E-state index in [1.165, 1.54) is 6.20 Å². The van der Waals surface area contributed by atoms with E-state index in [9.17, 15) is 4.79 Å². The van der Waals surface area contributed by atoms with Gasteiger partial charge in [-0.15, -0.1) is 0 Å². The maximum Gasteiger partial charge on any atom is 0.259 e. The first-order chi connectivity index (χ1) is 9.15. The van der Waals surface area contributed by atoms with Crippen LogP contribution in [-0.2, 0) is 0 Å². The summed E-state index contributed by atoms with van der Waals surface area (Å²) < 4.78 is 6.89. The van der Waals surface area contributed by atoms with Gasteiger partial charge in [0.2, 0.25) is 0 Å². The smallest absolute Gasteiger partial charge is 0.259 e. The molecule has 1 saturated heterocycles. The van der Waals surface area contributed by atoms with Gasteiger partial charge in [-0.1, -0.05) is 5.16 Å². The molecule has 19 heavy (non-hydrogen) atoms. The summed E-state index contributed by atoms with van der Waals surface area (Å²) >= 11 is 0. The number of aromatic nitrogens is 3. The third kappa shape index (κ3) is 2.14. The first kappa shape index (κ1) is 12.0. The summed E-state index contributed by atoms with van der Waals surface area (Å²) in [5, 5.41) is 7.97. The number of rotatable bonds is 2. The van der Waals surface area contributed by atoms with Crippen molar-refractivity contribution in [3.05, 3.63) is 35.5 Å². The van der Waals surface area contributed by atoms with E-state index in [1.807, 2.05) is 28.9 Å². The van der Waals surface area contributed by atoms with E-state index < -0.39 is 0 Å². The average molecular weight is 260 g/mol. The van der Waals surface area contributed by atoms with Crippen LogP contribution >= 0.6 is 0 Å². The molecule has 1 aliphatic heterocycles. The van der Waals surface area contributed by atoms with Crippen LogP contribution in [0.1, 0.15) is 34.1 Å². The standard InChI is InChI=1S/C13H16N4O2/c1-9-5-14-17(7-9)11-3-4-16(8-11)13(18)12-6-15-19-10(12)2/h5-7,11H,3-4,8H2,1-2H3. The molecule has 1 aliphatic rings. The Morgan fingerprint density at radius 3 is 2.89 bits per heavy atom. The molecule has 0 saturated carbocycles. The van der Waals surface area contributed by atoms with Gasteiger partial charge in [0.15, 0.2) is 0 Å². The minimum absolute atomic E-state index is 0.00914. The summed E-state index contributed by atoms with van der Waals surface area (Å²) in [5.74, 6) is 0.563. The fourth-order valence-electron chi connectivity index (χ4n) is 2.45. The minimum atomic E-state index is -0.00914. The third-order valence-corrected chi connectivity index (χ3v) is 3.54. The SMILES string of the molecule is Cc1cnn(C2CCN(C(=O)c3cnoc3C)C2)c1. The van der Waals surface area contributed by atoms with Crippen LogP contribution in [0.5, 0.6) is 0 Å². The average Bonchev–Trinajstić information content (AvgIpc) is 3.07. The lowest BCUT2D eigenvalue weighted by Crippen LogP contribution is -2.29. The fourth-order valence-corrected chi connectivity index (χ4v) is 2.45. The second-order valence-electron chi connectivity index (χ2n) is 4.99. The van der Waals surface area contributed by atoms with Crippen LogP contribution < -0.4 is 0 Å². The molecule has 3 heterocycles. The zero-order valence-electron chi connectivity index (χ0n) is 11.0. The molecule has 100 valence electrons. The Morgan fingerprint density at radius 2 is 2.26 bits per heavy atom. The lowest BCUT2D eigenvalue weighted by Gasteiger charge is -2.15. The lowest BCUT2D eigenvalue weighted by molar-refractivity contribution is 0.0785. The van der Waals surface area contributed by atoms with Crippen molar-refractivity contribution in [1.82, 2.24) is 19.8 Å². The predicted octanol–water partition coefficient (Wildman–Crippen LogP) is 1.58. The molecule has 2 aromatic heterocycles. The third-order valence-electron chi connectivity index (χ3n) is 3.54. The lowest BCUT2D eigenvalue weighted by atomic mass is 10.2. The zero-order valence-corrected chi connectivity index (χ0v) is 11.0. The predicted molar refractivity (Wildman–Crippen MR) is 67.8 cm³/mol.